The molecule has 0 nitrogen and oxygen atoms in total. The highest BCUT2D eigenvalue weighted by Crippen LogP contribution is 2.44. The second-order valence-electron chi connectivity index (χ2n) is 1.78. The molecule has 0 aliphatic carbocycles. The largest absolute Gasteiger partial charge is 0.370 e. The number of halogens is 7. The summed E-state index contributed by atoms with van der Waals surface area (Å²) in [6, 6.07) is 0. The highest BCUT2D eigenvalue weighted by molar-refractivity contribution is 9.10. The second-order valence-corrected chi connectivity index (χ2v) is 3.42. The molecular weight excluding hydrogens is 315 g/mol. The van der Waals surface area contributed by atoms with Gasteiger partial charge in [-0.05, 0) is 22.0 Å². The Morgan fingerprint density at radius 3 is 1.92 bits per heavy atom. The summed E-state index contributed by atoms with van der Waals surface area (Å²) in [5.74, 6) is -6.97. The van der Waals surface area contributed by atoms with E-state index in [9.17, 15) is 22.0 Å². The molecule has 0 bridgehead atoms. The lowest BCUT2D eigenvalue weighted by molar-refractivity contribution is -0.131. The number of rotatable bonds is 3. The van der Waals surface area contributed by atoms with Crippen LogP contribution in [0.1, 0.15) is 0 Å². The summed E-state index contributed by atoms with van der Waals surface area (Å²) in [7, 11) is 0. The molecule has 0 unspecified atom stereocenters. The Morgan fingerprint density at radius 2 is 1.67 bits per heavy atom. The van der Waals surface area contributed by atoms with E-state index in [1.165, 1.54) is 15.9 Å². The Bertz CT molecular complexity index is 183. The van der Waals surface area contributed by atoms with Gasteiger partial charge in [-0.2, -0.15) is 17.6 Å². The fourth-order valence-electron chi connectivity index (χ4n) is 0.331. The van der Waals surface area contributed by atoms with Crippen molar-refractivity contribution >= 4 is 31.9 Å². The predicted molar refractivity (Wildman–Crippen MR) is 41.8 cm³/mol. The van der Waals surface area contributed by atoms with Gasteiger partial charge in [0, 0.05) is 5.33 Å². The fraction of sp³-hybridized carbons (Fsp3) is 0.600. The summed E-state index contributed by atoms with van der Waals surface area (Å²) in [4.78, 5) is -4.57. The van der Waals surface area contributed by atoms with Crippen LogP contribution >= 0.6 is 31.9 Å². The maximum Gasteiger partial charge on any atom is 0.370 e. The molecule has 72 valence electrons. The summed E-state index contributed by atoms with van der Waals surface area (Å²) in [6.45, 7) is 0. The van der Waals surface area contributed by atoms with Crippen LogP contribution in [0.5, 0.6) is 0 Å². The minimum Gasteiger partial charge on any atom is -0.205 e. The number of alkyl halides is 6. The van der Waals surface area contributed by atoms with Gasteiger partial charge in [-0.3, -0.25) is 0 Å². The molecule has 0 radical (unpaired) electrons. The molecule has 0 saturated carbocycles. The van der Waals surface area contributed by atoms with E-state index >= 15 is 0 Å². The standard InChI is InChI=1S/C5H3Br2F5/c6-2-1-3(8)4(9,10)5(7,11)12/h1H,2H2/b3-1-. The zero-order valence-corrected chi connectivity index (χ0v) is 8.60. The molecule has 12 heavy (non-hydrogen) atoms. The van der Waals surface area contributed by atoms with Gasteiger partial charge < -0.3 is 0 Å². The topological polar surface area (TPSA) is 0 Å². The molecule has 0 aromatic carbocycles. The molecule has 0 spiro atoms. The first kappa shape index (κ1) is 12.3. The van der Waals surface area contributed by atoms with Crippen molar-refractivity contribution in [3.8, 4) is 0 Å². The van der Waals surface area contributed by atoms with Crippen LogP contribution in [-0.4, -0.2) is 16.1 Å². The quantitative estimate of drug-likeness (QED) is 0.548. The first-order valence-electron chi connectivity index (χ1n) is 2.60. The van der Waals surface area contributed by atoms with E-state index in [1.54, 1.807) is 0 Å². The van der Waals surface area contributed by atoms with Crippen molar-refractivity contribution in [3.63, 3.8) is 0 Å². The molecule has 0 heterocycles. The van der Waals surface area contributed by atoms with Crippen LogP contribution in [0.3, 0.4) is 0 Å². The van der Waals surface area contributed by atoms with Crippen LogP contribution in [0, 0.1) is 0 Å². The highest BCUT2D eigenvalue weighted by Gasteiger charge is 2.57. The lowest BCUT2D eigenvalue weighted by atomic mass is 10.3. The Hall–Kier alpha value is 0.350. The van der Waals surface area contributed by atoms with Crippen molar-refractivity contribution in [2.45, 2.75) is 10.8 Å². The molecule has 7 heteroatoms. The van der Waals surface area contributed by atoms with Gasteiger partial charge >= 0.3 is 10.8 Å². The monoisotopic (exact) mass is 316 g/mol. The smallest absolute Gasteiger partial charge is 0.205 e. The van der Waals surface area contributed by atoms with Gasteiger partial charge in [0.2, 0.25) is 0 Å². The van der Waals surface area contributed by atoms with Crippen LogP contribution in [0.2, 0.25) is 0 Å². The van der Waals surface area contributed by atoms with E-state index in [4.69, 9.17) is 0 Å². The van der Waals surface area contributed by atoms with E-state index in [-0.39, 0.29) is 5.33 Å². The van der Waals surface area contributed by atoms with Crippen molar-refractivity contribution < 1.29 is 22.0 Å². The molecule has 0 aliphatic rings. The Kier molecular flexibility index (Phi) is 4.16. The summed E-state index contributed by atoms with van der Waals surface area (Å²) >= 11 is 3.99. The predicted octanol–water partition coefficient (Wildman–Crippen LogP) is 3.86. The normalized spacial score (nSPS) is 15.1. The summed E-state index contributed by atoms with van der Waals surface area (Å²) in [5.41, 5.74) is 0. The van der Waals surface area contributed by atoms with Crippen molar-refractivity contribution in [1.29, 1.82) is 0 Å². The molecule has 0 aromatic heterocycles. The average molecular weight is 318 g/mol. The molecule has 0 aromatic rings. The van der Waals surface area contributed by atoms with E-state index in [1.807, 2.05) is 0 Å². The van der Waals surface area contributed by atoms with Gasteiger partial charge in [-0.15, -0.1) is 0 Å². The van der Waals surface area contributed by atoms with Crippen LogP contribution < -0.4 is 0 Å². The third-order valence-corrected chi connectivity index (χ3v) is 1.73. The molecule has 0 atom stereocenters. The second kappa shape index (κ2) is 4.04. The van der Waals surface area contributed by atoms with Crippen LogP contribution in [0.4, 0.5) is 22.0 Å². The third-order valence-electron chi connectivity index (χ3n) is 0.912. The highest BCUT2D eigenvalue weighted by atomic mass is 79.9. The lowest BCUT2D eigenvalue weighted by Gasteiger charge is -2.19. The average Bonchev–Trinajstić information content (AvgIpc) is 1.85. The van der Waals surface area contributed by atoms with Crippen LogP contribution in [0.15, 0.2) is 11.9 Å². The minimum absolute atomic E-state index is 0.252. The van der Waals surface area contributed by atoms with Gasteiger partial charge in [0.1, 0.15) is 0 Å². The number of hydrogen-bond acceptors (Lipinski definition) is 0. The Morgan fingerprint density at radius 1 is 1.25 bits per heavy atom. The van der Waals surface area contributed by atoms with Gasteiger partial charge in [0.25, 0.3) is 0 Å². The zero-order valence-electron chi connectivity index (χ0n) is 5.43. The minimum atomic E-state index is -4.80. The van der Waals surface area contributed by atoms with Gasteiger partial charge in [0.15, 0.2) is 5.83 Å². The van der Waals surface area contributed by atoms with Crippen LogP contribution in [-0.2, 0) is 0 Å². The zero-order chi connectivity index (χ0) is 9.99. The summed E-state index contributed by atoms with van der Waals surface area (Å²) in [5, 5.41) is -0.252. The Labute approximate surface area is 82.1 Å². The first-order valence-corrected chi connectivity index (χ1v) is 4.51. The third kappa shape index (κ3) is 2.69. The molecule has 0 saturated heterocycles. The maximum absolute atomic E-state index is 12.3. The van der Waals surface area contributed by atoms with E-state index in [0.717, 1.165) is 0 Å². The van der Waals surface area contributed by atoms with E-state index in [2.05, 4.69) is 15.9 Å². The van der Waals surface area contributed by atoms with E-state index in [0.29, 0.717) is 6.08 Å². The molecule has 0 rings (SSSR count). The molecular formula is C5H3Br2F5. The van der Waals surface area contributed by atoms with Gasteiger partial charge in [0.05, 0.1) is 0 Å². The fourth-order valence-corrected chi connectivity index (χ4v) is 0.805. The van der Waals surface area contributed by atoms with Crippen LogP contribution in [0.25, 0.3) is 0 Å². The van der Waals surface area contributed by atoms with E-state index < -0.39 is 16.6 Å². The molecule has 0 N–H and O–H groups in total. The first-order chi connectivity index (χ1) is 5.23. The number of hydrogen-bond donors (Lipinski definition) is 0. The maximum atomic E-state index is 12.3. The summed E-state index contributed by atoms with van der Waals surface area (Å²) < 4.78 is 60.6. The van der Waals surface area contributed by atoms with Gasteiger partial charge in [-0.1, -0.05) is 15.9 Å². The number of allylic oxidation sites excluding steroid dienone is 2. The SMILES string of the molecule is F/C(=C\CBr)C(F)(F)C(F)(F)Br. The molecule has 0 fully saturated rings. The summed E-state index contributed by atoms with van der Waals surface area (Å²) in [6.07, 6.45) is 0.329. The van der Waals surface area contributed by atoms with Gasteiger partial charge in [-0.25, -0.2) is 4.39 Å². The van der Waals surface area contributed by atoms with Crippen molar-refractivity contribution in [2.24, 2.45) is 0 Å². The van der Waals surface area contributed by atoms with Crippen molar-refractivity contribution in [3.05, 3.63) is 11.9 Å². The molecule has 0 aliphatic heterocycles. The van der Waals surface area contributed by atoms with Crippen molar-refractivity contribution in [1.82, 2.24) is 0 Å². The Balaban J connectivity index is 4.73. The van der Waals surface area contributed by atoms with Crippen molar-refractivity contribution in [2.75, 3.05) is 5.33 Å². The molecule has 0 amide bonds. The lowest BCUT2D eigenvalue weighted by Crippen LogP contribution is -2.35.